The maximum Gasteiger partial charge on any atom is 0.282 e. The van der Waals surface area contributed by atoms with Crippen LogP contribution in [0.5, 0.6) is 0 Å². The van der Waals surface area contributed by atoms with Crippen LogP contribution in [0.15, 0.2) is 10.6 Å². The summed E-state index contributed by atoms with van der Waals surface area (Å²) in [6, 6.07) is 2.07. The van der Waals surface area contributed by atoms with Crippen LogP contribution in [-0.4, -0.2) is 83.3 Å². The number of likely N-dealkylation sites (N-methyl/N-ethyl adjacent to an activating group) is 1. The number of carbonyl (C=O) groups is 1. The number of amides is 1. The number of piperidine rings is 3. The number of piperazine rings is 1. The van der Waals surface area contributed by atoms with Crippen molar-refractivity contribution >= 4 is 16.1 Å². The molecule has 170 valence electrons. The van der Waals surface area contributed by atoms with Crippen LogP contribution in [-0.2, 0) is 10.2 Å². The fourth-order valence-electron chi connectivity index (χ4n) is 6.25. The van der Waals surface area contributed by atoms with Crippen LogP contribution in [0, 0.1) is 0 Å². The molecule has 1 aliphatic carbocycles. The van der Waals surface area contributed by atoms with Crippen molar-refractivity contribution in [2.45, 2.75) is 87.5 Å². The van der Waals surface area contributed by atoms with Crippen LogP contribution < -0.4 is 5.32 Å². The molecule has 6 fully saturated rings. The third-order valence-electron chi connectivity index (χ3n) is 8.06. The second-order valence-corrected chi connectivity index (χ2v) is 11.9. The molecule has 1 aromatic rings. The summed E-state index contributed by atoms with van der Waals surface area (Å²) in [7, 11) is -1.38. The Morgan fingerprint density at radius 2 is 1.71 bits per heavy atom. The van der Waals surface area contributed by atoms with Crippen LogP contribution in [0.25, 0.3) is 0 Å². The summed E-state index contributed by atoms with van der Waals surface area (Å²) in [5, 5.41) is 7.03. The Bertz CT molecular complexity index is 962. The van der Waals surface area contributed by atoms with E-state index in [4.69, 9.17) is 4.52 Å². The molecule has 0 aromatic carbocycles. The molecule has 2 unspecified atom stereocenters. The molecule has 0 spiro atoms. The Hall–Kier alpha value is -1.49. The molecule has 6 aliphatic rings. The third kappa shape index (κ3) is 3.42. The third-order valence-corrected chi connectivity index (χ3v) is 10.2. The van der Waals surface area contributed by atoms with Gasteiger partial charge in [0.15, 0.2) is 5.69 Å². The Kier molecular flexibility index (Phi) is 4.72. The van der Waals surface area contributed by atoms with Crippen LogP contribution in [0.1, 0.15) is 73.5 Å². The van der Waals surface area contributed by atoms with Gasteiger partial charge in [-0.3, -0.25) is 4.79 Å². The average Bonchev–Trinajstić information content (AvgIpc) is 3.40. The lowest BCUT2D eigenvalue weighted by Crippen LogP contribution is -2.66. The van der Waals surface area contributed by atoms with Gasteiger partial charge in [0, 0.05) is 55.3 Å². The summed E-state index contributed by atoms with van der Waals surface area (Å²) in [4.78, 5) is 15.0. The van der Waals surface area contributed by atoms with Crippen LogP contribution in [0.4, 0.5) is 0 Å². The van der Waals surface area contributed by atoms with Crippen molar-refractivity contribution in [1.82, 2.24) is 24.0 Å². The Labute approximate surface area is 183 Å². The molecule has 5 aliphatic heterocycles. The molecule has 31 heavy (non-hydrogen) atoms. The summed E-state index contributed by atoms with van der Waals surface area (Å²) in [5.74, 6) is 1.00. The van der Waals surface area contributed by atoms with Crippen molar-refractivity contribution < 1.29 is 17.7 Å². The van der Waals surface area contributed by atoms with Crippen LogP contribution in [0.2, 0.25) is 0 Å². The van der Waals surface area contributed by atoms with E-state index >= 15 is 0 Å². The number of aromatic nitrogens is 1. The van der Waals surface area contributed by atoms with Gasteiger partial charge in [-0.05, 0) is 58.4 Å². The van der Waals surface area contributed by atoms with E-state index in [9.17, 15) is 13.2 Å². The summed E-state index contributed by atoms with van der Waals surface area (Å²) >= 11 is 0. The van der Waals surface area contributed by atoms with Crippen LogP contribution in [0.3, 0.4) is 0 Å². The number of carbonyl (C=O) groups excluding carboxylic acids is 1. The second kappa shape index (κ2) is 7.26. The monoisotopic (exact) mass is 449 g/mol. The highest BCUT2D eigenvalue weighted by Gasteiger charge is 2.52. The molecule has 10 heteroatoms. The SMILES string of the molecule is CN1CC2CCC1CN2S(=O)(=O)N1[C@@H]2CC[C@H]1C[C@@H](NC(=O)c1cc(C3CC3)on1)C2. The van der Waals surface area contributed by atoms with E-state index < -0.39 is 10.2 Å². The van der Waals surface area contributed by atoms with Crippen molar-refractivity contribution in [1.29, 1.82) is 0 Å². The molecule has 1 aromatic heterocycles. The highest BCUT2D eigenvalue weighted by molar-refractivity contribution is 7.86. The highest BCUT2D eigenvalue weighted by atomic mass is 32.2. The van der Waals surface area contributed by atoms with E-state index in [1.54, 1.807) is 14.7 Å². The van der Waals surface area contributed by atoms with Gasteiger partial charge in [0.05, 0.1) is 0 Å². The van der Waals surface area contributed by atoms with Crippen molar-refractivity contribution in [2.75, 3.05) is 20.1 Å². The Morgan fingerprint density at radius 3 is 2.32 bits per heavy atom. The molecule has 1 N–H and O–H groups in total. The van der Waals surface area contributed by atoms with Crippen molar-refractivity contribution in [3.63, 3.8) is 0 Å². The molecule has 0 radical (unpaired) electrons. The van der Waals surface area contributed by atoms with Crippen molar-refractivity contribution in [2.24, 2.45) is 0 Å². The summed E-state index contributed by atoms with van der Waals surface area (Å²) in [6.45, 7) is 1.43. The average molecular weight is 450 g/mol. The minimum absolute atomic E-state index is 0.0264. The lowest BCUT2D eigenvalue weighted by molar-refractivity contribution is 0.0359. The predicted molar refractivity (Wildman–Crippen MR) is 113 cm³/mol. The lowest BCUT2D eigenvalue weighted by atomic mass is 9.94. The molecule has 1 saturated carbocycles. The minimum atomic E-state index is -3.48. The Balaban J connectivity index is 1.13. The molecule has 1 amide bonds. The normalized spacial score (nSPS) is 36.7. The standard InChI is InChI=1S/C21H31N5O4S/c1-24-11-18-7-6-17(24)12-25(18)31(28,29)26-15-4-5-16(26)9-14(8-15)22-21(27)19-10-20(30-23-19)13-2-3-13/h10,13-18H,2-9,11-12H2,1H3,(H,22,27)/t14-,15+,16-,17?,18?. The summed E-state index contributed by atoms with van der Waals surface area (Å²) < 4.78 is 36.2. The first-order valence-electron chi connectivity index (χ1n) is 11.7. The number of fused-ring (bicyclic) bond motifs is 5. The molecular weight excluding hydrogens is 418 g/mol. The van der Waals surface area contributed by atoms with Gasteiger partial charge in [-0.2, -0.15) is 17.0 Å². The number of nitrogens with zero attached hydrogens (tertiary/aromatic N) is 4. The molecule has 9 nitrogen and oxygen atoms in total. The molecule has 6 heterocycles. The van der Waals surface area contributed by atoms with Crippen molar-refractivity contribution in [3.8, 4) is 0 Å². The van der Waals surface area contributed by atoms with Gasteiger partial charge in [-0.25, -0.2) is 0 Å². The summed E-state index contributed by atoms with van der Waals surface area (Å²) in [5.41, 5.74) is 0.331. The van der Waals surface area contributed by atoms with Gasteiger partial charge >= 0.3 is 0 Å². The van der Waals surface area contributed by atoms with Gasteiger partial charge in [0.25, 0.3) is 16.1 Å². The number of rotatable bonds is 5. The smallest absolute Gasteiger partial charge is 0.282 e. The summed E-state index contributed by atoms with van der Waals surface area (Å²) in [6.07, 6.45) is 7.30. The maximum atomic E-state index is 13.6. The highest BCUT2D eigenvalue weighted by Crippen LogP contribution is 2.42. The zero-order valence-corrected chi connectivity index (χ0v) is 18.8. The fraction of sp³-hybridized carbons (Fsp3) is 0.810. The fourth-order valence-corrected chi connectivity index (χ4v) is 8.54. The van der Waals surface area contributed by atoms with Gasteiger partial charge in [-0.15, -0.1) is 0 Å². The number of hydrogen-bond acceptors (Lipinski definition) is 6. The maximum absolute atomic E-state index is 13.6. The number of nitrogens with one attached hydrogen (secondary N) is 1. The Morgan fingerprint density at radius 1 is 1.03 bits per heavy atom. The van der Waals surface area contributed by atoms with Crippen molar-refractivity contribution in [3.05, 3.63) is 17.5 Å². The quantitative estimate of drug-likeness (QED) is 0.728. The minimum Gasteiger partial charge on any atom is -0.360 e. The molecular formula is C21H31N5O4S. The van der Waals surface area contributed by atoms with E-state index in [1.807, 2.05) is 0 Å². The molecule has 4 bridgehead atoms. The number of hydrogen-bond donors (Lipinski definition) is 1. The van der Waals surface area contributed by atoms with E-state index in [0.29, 0.717) is 37.0 Å². The zero-order valence-electron chi connectivity index (χ0n) is 17.9. The topological polar surface area (TPSA) is 99.0 Å². The first kappa shape index (κ1) is 20.1. The van der Waals surface area contributed by atoms with E-state index in [0.717, 1.165) is 50.8 Å². The first-order valence-corrected chi connectivity index (χ1v) is 13.1. The van der Waals surface area contributed by atoms with E-state index in [1.165, 1.54) is 0 Å². The second-order valence-electron chi connectivity index (χ2n) is 10.1. The molecule has 5 atom stereocenters. The van der Waals surface area contributed by atoms with Gasteiger partial charge in [-0.1, -0.05) is 5.16 Å². The lowest BCUT2D eigenvalue weighted by Gasteiger charge is -2.51. The van der Waals surface area contributed by atoms with Gasteiger partial charge in [0.1, 0.15) is 5.76 Å². The van der Waals surface area contributed by atoms with E-state index in [2.05, 4.69) is 22.4 Å². The zero-order chi connectivity index (χ0) is 21.3. The van der Waals surface area contributed by atoms with Gasteiger partial charge in [0.2, 0.25) is 0 Å². The van der Waals surface area contributed by atoms with E-state index in [-0.39, 0.29) is 30.1 Å². The molecule has 5 saturated heterocycles. The van der Waals surface area contributed by atoms with Gasteiger partial charge < -0.3 is 14.7 Å². The first-order chi connectivity index (χ1) is 14.9. The van der Waals surface area contributed by atoms with Crippen LogP contribution >= 0.6 is 0 Å². The largest absolute Gasteiger partial charge is 0.360 e. The predicted octanol–water partition coefficient (Wildman–Crippen LogP) is 1.30. The molecule has 7 rings (SSSR count).